The monoisotopic (exact) mass is 309 g/mol. The predicted molar refractivity (Wildman–Crippen MR) is 82.4 cm³/mol. The van der Waals surface area contributed by atoms with E-state index in [1.807, 2.05) is 19.1 Å². The van der Waals surface area contributed by atoms with Crippen LogP contribution < -0.4 is 10.7 Å². The molecule has 0 aromatic heterocycles. The second-order valence-electron chi connectivity index (χ2n) is 4.66. The van der Waals surface area contributed by atoms with Crippen LogP contribution in [-0.4, -0.2) is 29.3 Å². The van der Waals surface area contributed by atoms with Gasteiger partial charge in [-0.3, -0.25) is 14.0 Å². The Labute approximate surface area is 126 Å². The number of nitrogens with one attached hydrogen (secondary N) is 2. The number of hydrogen-bond acceptors (Lipinski definition) is 4. The normalized spacial score (nSPS) is 17.9. The van der Waals surface area contributed by atoms with Crippen LogP contribution in [0.15, 0.2) is 29.4 Å². The Hall–Kier alpha value is -1.89. The third-order valence-electron chi connectivity index (χ3n) is 3.00. The van der Waals surface area contributed by atoms with Crippen LogP contribution in [0.5, 0.6) is 0 Å². The van der Waals surface area contributed by atoms with Crippen molar-refractivity contribution in [3.8, 4) is 0 Å². The Morgan fingerprint density at radius 1 is 1.48 bits per heavy atom. The summed E-state index contributed by atoms with van der Waals surface area (Å²) < 4.78 is 12.0. The molecule has 21 heavy (non-hydrogen) atoms. The number of carbonyl (C=O) groups excluding carboxylic acids is 2. The molecule has 2 N–H and O–H groups in total. The van der Waals surface area contributed by atoms with Crippen molar-refractivity contribution >= 4 is 34.3 Å². The molecule has 1 aliphatic rings. The molecular formula is C14H16FN3O2S. The van der Waals surface area contributed by atoms with E-state index in [0.717, 1.165) is 23.0 Å². The molecule has 0 saturated heterocycles. The molecule has 0 bridgehead atoms. The molecule has 7 heteroatoms. The van der Waals surface area contributed by atoms with Crippen molar-refractivity contribution in [3.05, 3.63) is 29.8 Å². The SMILES string of the molecule is CC1CC(=O)NN=C1c1ccc(NC(=O)SCCF)cc1. The second-order valence-corrected chi connectivity index (χ2v) is 5.73. The molecule has 0 radical (unpaired) electrons. The van der Waals surface area contributed by atoms with E-state index < -0.39 is 6.67 Å². The number of amides is 2. The maximum absolute atomic E-state index is 12.0. The van der Waals surface area contributed by atoms with Gasteiger partial charge in [-0.15, -0.1) is 0 Å². The van der Waals surface area contributed by atoms with Crippen LogP contribution in [-0.2, 0) is 4.79 Å². The number of rotatable bonds is 4. The zero-order valence-corrected chi connectivity index (χ0v) is 12.4. The molecule has 1 atom stereocenters. The van der Waals surface area contributed by atoms with Gasteiger partial charge in [0.1, 0.15) is 0 Å². The average Bonchev–Trinajstić information content (AvgIpc) is 2.46. The van der Waals surface area contributed by atoms with Crippen LogP contribution in [0.3, 0.4) is 0 Å². The molecule has 0 aliphatic carbocycles. The van der Waals surface area contributed by atoms with E-state index in [2.05, 4.69) is 15.8 Å². The van der Waals surface area contributed by atoms with Gasteiger partial charge in [0, 0.05) is 23.8 Å². The number of nitrogens with zero attached hydrogens (tertiary/aromatic N) is 1. The van der Waals surface area contributed by atoms with E-state index in [1.165, 1.54) is 0 Å². The van der Waals surface area contributed by atoms with Crippen LogP contribution in [0.25, 0.3) is 0 Å². The Morgan fingerprint density at radius 2 is 2.19 bits per heavy atom. The summed E-state index contributed by atoms with van der Waals surface area (Å²) in [7, 11) is 0. The van der Waals surface area contributed by atoms with Crippen molar-refractivity contribution in [1.29, 1.82) is 0 Å². The summed E-state index contributed by atoms with van der Waals surface area (Å²) in [5.41, 5.74) is 4.83. The third-order valence-corrected chi connectivity index (χ3v) is 3.72. The largest absolute Gasteiger partial charge is 0.317 e. The zero-order valence-electron chi connectivity index (χ0n) is 11.6. The number of alkyl halides is 1. The molecule has 2 amide bonds. The third kappa shape index (κ3) is 4.29. The molecule has 0 spiro atoms. The molecule has 1 aromatic rings. The Balaban J connectivity index is 2.02. The molecule has 1 aromatic carbocycles. The summed E-state index contributed by atoms with van der Waals surface area (Å²) in [4.78, 5) is 22.7. The first-order chi connectivity index (χ1) is 10.1. The molecule has 0 saturated carbocycles. The number of anilines is 1. The maximum atomic E-state index is 12.0. The summed E-state index contributed by atoms with van der Waals surface area (Å²) >= 11 is 0.908. The van der Waals surface area contributed by atoms with Gasteiger partial charge in [0.15, 0.2) is 0 Å². The molecule has 1 heterocycles. The van der Waals surface area contributed by atoms with Crippen LogP contribution in [0.2, 0.25) is 0 Å². The minimum absolute atomic E-state index is 0.0549. The first-order valence-corrected chi connectivity index (χ1v) is 7.55. The van der Waals surface area contributed by atoms with Gasteiger partial charge in [-0.25, -0.2) is 5.43 Å². The van der Waals surface area contributed by atoms with Gasteiger partial charge in [-0.05, 0) is 17.7 Å². The highest BCUT2D eigenvalue weighted by molar-refractivity contribution is 8.13. The summed E-state index contributed by atoms with van der Waals surface area (Å²) in [6, 6.07) is 7.19. The van der Waals surface area contributed by atoms with Crippen molar-refractivity contribution < 1.29 is 14.0 Å². The van der Waals surface area contributed by atoms with Crippen molar-refractivity contribution in [3.63, 3.8) is 0 Å². The number of carbonyl (C=O) groups is 2. The molecule has 2 rings (SSSR count). The minimum atomic E-state index is -0.527. The van der Waals surface area contributed by atoms with Gasteiger partial charge in [-0.1, -0.05) is 30.8 Å². The van der Waals surface area contributed by atoms with Crippen LogP contribution in [0.4, 0.5) is 14.9 Å². The number of hydrazone groups is 1. The van der Waals surface area contributed by atoms with Crippen molar-refractivity contribution in [2.75, 3.05) is 17.7 Å². The Kier molecular flexibility index (Phi) is 5.32. The highest BCUT2D eigenvalue weighted by Crippen LogP contribution is 2.19. The van der Waals surface area contributed by atoms with Gasteiger partial charge in [-0.2, -0.15) is 5.10 Å². The number of hydrogen-bond donors (Lipinski definition) is 2. The number of benzene rings is 1. The number of halogens is 1. The smallest absolute Gasteiger partial charge is 0.283 e. The fourth-order valence-electron chi connectivity index (χ4n) is 2.01. The van der Waals surface area contributed by atoms with Gasteiger partial charge in [0.05, 0.1) is 12.4 Å². The maximum Gasteiger partial charge on any atom is 0.283 e. The van der Waals surface area contributed by atoms with Crippen molar-refractivity contribution in [2.24, 2.45) is 11.0 Å². The van der Waals surface area contributed by atoms with E-state index in [1.54, 1.807) is 12.1 Å². The van der Waals surface area contributed by atoms with Crippen molar-refractivity contribution in [1.82, 2.24) is 5.43 Å². The van der Waals surface area contributed by atoms with E-state index in [9.17, 15) is 14.0 Å². The minimum Gasteiger partial charge on any atom is -0.317 e. The first-order valence-electron chi connectivity index (χ1n) is 6.56. The van der Waals surface area contributed by atoms with Crippen molar-refractivity contribution in [2.45, 2.75) is 13.3 Å². The fraction of sp³-hybridized carbons (Fsp3) is 0.357. The molecule has 0 fully saturated rings. The molecule has 1 unspecified atom stereocenters. The predicted octanol–water partition coefficient (Wildman–Crippen LogP) is 2.78. The standard InChI is InChI=1S/C14H16FN3O2S/c1-9-8-12(19)17-18-13(9)10-2-4-11(5-3-10)16-14(20)21-7-6-15/h2-5,9H,6-8H2,1H3,(H,16,20)(H,17,19). The molecule has 5 nitrogen and oxygen atoms in total. The second kappa shape index (κ2) is 7.21. The average molecular weight is 309 g/mol. The zero-order chi connectivity index (χ0) is 15.2. The highest BCUT2D eigenvalue weighted by Gasteiger charge is 2.21. The lowest BCUT2D eigenvalue weighted by molar-refractivity contribution is -0.121. The Bertz CT molecular complexity index is 560. The van der Waals surface area contributed by atoms with Crippen LogP contribution in [0, 0.1) is 5.92 Å². The molecule has 1 aliphatic heterocycles. The summed E-state index contributed by atoms with van der Waals surface area (Å²) in [6.07, 6.45) is 0.414. The van der Waals surface area contributed by atoms with E-state index in [0.29, 0.717) is 12.1 Å². The van der Waals surface area contributed by atoms with Gasteiger partial charge >= 0.3 is 0 Å². The quantitative estimate of drug-likeness (QED) is 0.898. The summed E-state index contributed by atoms with van der Waals surface area (Å²) in [5.74, 6) is 0.122. The van der Waals surface area contributed by atoms with Crippen LogP contribution >= 0.6 is 11.8 Å². The summed E-state index contributed by atoms with van der Waals surface area (Å²) in [5, 5.41) is 6.47. The lowest BCUT2D eigenvalue weighted by atomic mass is 9.94. The number of thioether (sulfide) groups is 1. The van der Waals surface area contributed by atoms with E-state index in [4.69, 9.17) is 0 Å². The fourth-order valence-corrected chi connectivity index (χ4v) is 2.46. The van der Waals surface area contributed by atoms with Gasteiger partial charge in [0.25, 0.3) is 5.24 Å². The Morgan fingerprint density at radius 3 is 2.81 bits per heavy atom. The molecular weight excluding hydrogens is 293 g/mol. The van der Waals surface area contributed by atoms with Gasteiger partial charge < -0.3 is 5.32 Å². The summed E-state index contributed by atoms with van der Waals surface area (Å²) in [6.45, 7) is 1.42. The molecule has 112 valence electrons. The highest BCUT2D eigenvalue weighted by atomic mass is 32.2. The topological polar surface area (TPSA) is 70.6 Å². The lowest BCUT2D eigenvalue weighted by Crippen LogP contribution is -2.31. The van der Waals surface area contributed by atoms with Gasteiger partial charge in [0.2, 0.25) is 5.91 Å². The lowest BCUT2D eigenvalue weighted by Gasteiger charge is -2.19. The van der Waals surface area contributed by atoms with E-state index >= 15 is 0 Å². The first kappa shape index (κ1) is 15.5. The van der Waals surface area contributed by atoms with E-state index in [-0.39, 0.29) is 22.8 Å². The van der Waals surface area contributed by atoms with Crippen LogP contribution in [0.1, 0.15) is 18.9 Å².